The zero-order valence-electron chi connectivity index (χ0n) is 17.5. The number of nitrogens with zero attached hydrogens (tertiary/aromatic N) is 1. The Balaban J connectivity index is 1.70. The van der Waals surface area contributed by atoms with E-state index in [0.717, 1.165) is 18.6 Å². The topological polar surface area (TPSA) is 83.1 Å². The fourth-order valence-electron chi connectivity index (χ4n) is 4.03. The van der Waals surface area contributed by atoms with Crippen molar-refractivity contribution >= 4 is 11.7 Å². The predicted octanol–water partition coefficient (Wildman–Crippen LogP) is 3.05. The number of hydrogen-bond acceptors (Lipinski definition) is 5. The van der Waals surface area contributed by atoms with Gasteiger partial charge in [-0.1, -0.05) is 18.2 Å². The van der Waals surface area contributed by atoms with Crippen molar-refractivity contribution in [3.05, 3.63) is 70.3 Å². The number of carbonyl (C=O) groups is 1. The number of esters is 1. The number of nitrogens with one attached hydrogen (secondary N) is 1. The van der Waals surface area contributed by atoms with Crippen LogP contribution in [-0.2, 0) is 4.74 Å². The van der Waals surface area contributed by atoms with Gasteiger partial charge in [0.1, 0.15) is 18.9 Å². The Morgan fingerprint density at radius 3 is 2.33 bits per heavy atom. The lowest BCUT2D eigenvalue weighted by molar-refractivity contribution is -0.953. The number of carbonyl (C=O) groups excluding carboxylic acids is 1. The van der Waals surface area contributed by atoms with Crippen molar-refractivity contribution in [1.82, 2.24) is 0 Å². The number of non-ortho nitro benzene ring substituents is 1. The number of rotatable bonds is 8. The van der Waals surface area contributed by atoms with Crippen LogP contribution in [0.1, 0.15) is 43.5 Å². The molecule has 1 heterocycles. The van der Waals surface area contributed by atoms with Crippen LogP contribution in [-0.4, -0.2) is 42.2 Å². The number of benzene rings is 2. The first kappa shape index (κ1) is 21.8. The third-order valence-corrected chi connectivity index (χ3v) is 5.77. The second-order valence-corrected chi connectivity index (χ2v) is 7.97. The number of hydrogen-bond donors (Lipinski definition) is 1. The van der Waals surface area contributed by atoms with Gasteiger partial charge >= 0.3 is 5.97 Å². The fraction of sp³-hybridized carbons (Fsp3) is 0.435. The molecule has 0 bridgehead atoms. The maximum absolute atomic E-state index is 12.7. The lowest BCUT2D eigenvalue weighted by Crippen LogP contribution is -3.20. The molecule has 1 N–H and O–H groups in total. The molecule has 0 radical (unpaired) electrons. The first-order chi connectivity index (χ1) is 14.4. The molecule has 3 atom stereocenters. The first-order valence-electron chi connectivity index (χ1n) is 10.4. The molecular formula is C23H29N2O5+. The molecule has 160 valence electrons. The molecular weight excluding hydrogens is 384 g/mol. The minimum absolute atomic E-state index is 0.0593. The number of piperidine rings is 1. The van der Waals surface area contributed by atoms with Crippen LogP contribution in [0.5, 0.6) is 5.75 Å². The van der Waals surface area contributed by atoms with Gasteiger partial charge in [-0.15, -0.1) is 0 Å². The summed E-state index contributed by atoms with van der Waals surface area (Å²) in [5, 5.41) is 10.8. The second-order valence-electron chi connectivity index (χ2n) is 7.97. The van der Waals surface area contributed by atoms with Crippen molar-refractivity contribution in [2.24, 2.45) is 0 Å². The van der Waals surface area contributed by atoms with Crippen LogP contribution in [0.3, 0.4) is 0 Å². The molecule has 0 aromatic heterocycles. The number of quaternary nitrogens is 1. The van der Waals surface area contributed by atoms with Crippen molar-refractivity contribution in [1.29, 1.82) is 0 Å². The standard InChI is InChI=1S/C23H28N2O5/c1-17-7-6-8-18(2)24(17)15-22(16-29-21-9-4-3-5-10-21)30-23(26)19-11-13-20(14-12-19)25(27)28/h3-5,9-14,17-18,22H,6-8,15-16H2,1-2H3/p+1/t17-,18-,22+/m1/s1. The molecule has 1 aliphatic rings. The highest BCUT2D eigenvalue weighted by Crippen LogP contribution is 2.15. The van der Waals surface area contributed by atoms with E-state index in [1.807, 2.05) is 30.3 Å². The molecule has 7 heteroatoms. The number of likely N-dealkylation sites (tertiary alicyclic amines) is 1. The van der Waals surface area contributed by atoms with E-state index in [1.54, 1.807) is 0 Å². The zero-order valence-corrected chi connectivity index (χ0v) is 17.5. The second kappa shape index (κ2) is 10.2. The Morgan fingerprint density at radius 1 is 1.10 bits per heavy atom. The summed E-state index contributed by atoms with van der Waals surface area (Å²) in [6.45, 7) is 5.38. The Hall–Kier alpha value is -2.93. The van der Waals surface area contributed by atoms with Gasteiger partial charge < -0.3 is 14.4 Å². The van der Waals surface area contributed by atoms with Gasteiger partial charge in [0.25, 0.3) is 5.69 Å². The Kier molecular flexibility index (Phi) is 7.41. The molecule has 2 aromatic rings. The molecule has 7 nitrogen and oxygen atoms in total. The summed E-state index contributed by atoms with van der Waals surface area (Å²) >= 11 is 0. The van der Waals surface area contributed by atoms with Gasteiger partial charge in [-0.25, -0.2) is 4.79 Å². The first-order valence-corrected chi connectivity index (χ1v) is 10.4. The Bertz CT molecular complexity index is 830. The predicted molar refractivity (Wildman–Crippen MR) is 113 cm³/mol. The van der Waals surface area contributed by atoms with Gasteiger partial charge in [0.2, 0.25) is 0 Å². The van der Waals surface area contributed by atoms with E-state index >= 15 is 0 Å². The quantitative estimate of drug-likeness (QED) is 0.409. The molecule has 2 aromatic carbocycles. The number of para-hydroxylation sites is 1. The average molecular weight is 413 g/mol. The van der Waals surface area contributed by atoms with E-state index in [4.69, 9.17) is 9.47 Å². The van der Waals surface area contributed by atoms with E-state index in [9.17, 15) is 14.9 Å². The largest absolute Gasteiger partial charge is 0.489 e. The van der Waals surface area contributed by atoms with Gasteiger partial charge in [-0.2, -0.15) is 0 Å². The maximum Gasteiger partial charge on any atom is 0.338 e. The molecule has 1 aliphatic heterocycles. The van der Waals surface area contributed by atoms with E-state index < -0.39 is 17.0 Å². The third kappa shape index (κ3) is 5.79. The monoisotopic (exact) mass is 413 g/mol. The van der Waals surface area contributed by atoms with E-state index in [-0.39, 0.29) is 12.3 Å². The minimum atomic E-state index is -0.497. The van der Waals surface area contributed by atoms with Crippen molar-refractivity contribution < 1.29 is 24.1 Å². The van der Waals surface area contributed by atoms with Gasteiger partial charge in [0, 0.05) is 12.1 Å². The smallest absolute Gasteiger partial charge is 0.338 e. The van der Waals surface area contributed by atoms with E-state index in [0.29, 0.717) is 24.2 Å². The summed E-state index contributed by atoms with van der Waals surface area (Å²) in [7, 11) is 0. The molecule has 1 saturated heterocycles. The highest BCUT2D eigenvalue weighted by Gasteiger charge is 2.32. The molecule has 0 amide bonds. The van der Waals surface area contributed by atoms with Gasteiger partial charge in [-0.3, -0.25) is 10.1 Å². The Labute approximate surface area is 176 Å². The van der Waals surface area contributed by atoms with E-state index in [1.165, 1.54) is 35.6 Å². The summed E-state index contributed by atoms with van der Waals surface area (Å²) in [4.78, 5) is 24.5. The van der Waals surface area contributed by atoms with Crippen molar-refractivity contribution in [2.75, 3.05) is 13.2 Å². The lowest BCUT2D eigenvalue weighted by Gasteiger charge is -2.37. The zero-order chi connectivity index (χ0) is 21.5. The lowest BCUT2D eigenvalue weighted by atomic mass is 9.97. The SMILES string of the molecule is C[C@@H]1CCC[C@@H](C)[NH+]1C[C@@H](COc1ccccc1)OC(=O)c1ccc([N+](=O)[O-])cc1. The van der Waals surface area contributed by atoms with Crippen LogP contribution < -0.4 is 9.64 Å². The third-order valence-electron chi connectivity index (χ3n) is 5.77. The van der Waals surface area contributed by atoms with Crippen molar-refractivity contribution in [2.45, 2.75) is 51.3 Å². The molecule has 0 unspecified atom stereocenters. The highest BCUT2D eigenvalue weighted by molar-refractivity contribution is 5.89. The summed E-state index contributed by atoms with van der Waals surface area (Å²) in [6, 6.07) is 15.9. The van der Waals surface area contributed by atoms with Crippen molar-refractivity contribution in [3.8, 4) is 5.75 Å². The van der Waals surface area contributed by atoms with Crippen LogP contribution in [0.25, 0.3) is 0 Å². The fourth-order valence-corrected chi connectivity index (χ4v) is 4.03. The molecule has 0 spiro atoms. The molecule has 0 saturated carbocycles. The summed E-state index contributed by atoms with van der Waals surface area (Å²) < 4.78 is 11.7. The van der Waals surface area contributed by atoms with Gasteiger partial charge in [0.05, 0.1) is 22.6 Å². The van der Waals surface area contributed by atoms with Crippen LogP contribution >= 0.6 is 0 Å². The van der Waals surface area contributed by atoms with Crippen LogP contribution in [0, 0.1) is 10.1 Å². The maximum atomic E-state index is 12.7. The number of ether oxygens (including phenoxy) is 2. The molecule has 0 aliphatic carbocycles. The summed E-state index contributed by atoms with van der Waals surface area (Å²) in [5.74, 6) is 0.229. The average Bonchev–Trinajstić information content (AvgIpc) is 2.75. The van der Waals surface area contributed by atoms with Crippen molar-refractivity contribution in [3.63, 3.8) is 0 Å². The van der Waals surface area contributed by atoms with Crippen LogP contribution in [0.2, 0.25) is 0 Å². The summed E-state index contributed by atoms with van der Waals surface area (Å²) in [5.41, 5.74) is 0.232. The van der Waals surface area contributed by atoms with Crippen LogP contribution in [0.15, 0.2) is 54.6 Å². The normalized spacial score (nSPS) is 20.3. The minimum Gasteiger partial charge on any atom is -0.489 e. The van der Waals surface area contributed by atoms with Gasteiger partial charge in [-0.05, 0) is 57.4 Å². The molecule has 3 rings (SSSR count). The van der Waals surface area contributed by atoms with Crippen LogP contribution in [0.4, 0.5) is 5.69 Å². The van der Waals surface area contributed by atoms with E-state index in [2.05, 4.69) is 13.8 Å². The number of nitro groups is 1. The molecule has 30 heavy (non-hydrogen) atoms. The Morgan fingerprint density at radius 2 is 1.73 bits per heavy atom. The number of nitro benzene ring substituents is 1. The molecule has 1 fully saturated rings. The summed E-state index contributed by atoms with van der Waals surface area (Å²) in [6.07, 6.45) is 3.11. The van der Waals surface area contributed by atoms with Gasteiger partial charge in [0.15, 0.2) is 6.10 Å². The highest BCUT2D eigenvalue weighted by atomic mass is 16.6.